The van der Waals surface area contributed by atoms with Gasteiger partial charge in [-0.1, -0.05) is 26.0 Å². The maximum atomic E-state index is 8.80. The molecule has 0 aliphatic heterocycles. The zero-order valence-corrected chi connectivity index (χ0v) is 10.5. The van der Waals surface area contributed by atoms with Crippen molar-refractivity contribution in [3.8, 4) is 6.07 Å². The van der Waals surface area contributed by atoms with Crippen LogP contribution in [0.2, 0.25) is 0 Å². The molecule has 0 aliphatic rings. The number of aromatic nitrogens is 1. The van der Waals surface area contributed by atoms with Crippen molar-refractivity contribution in [3.63, 3.8) is 0 Å². The number of nitrogens with one attached hydrogen (secondary N) is 1. The van der Waals surface area contributed by atoms with Gasteiger partial charge in [0.1, 0.15) is 11.8 Å². The number of hydrogen-bond acceptors (Lipinski definition) is 3. The molecule has 18 heavy (non-hydrogen) atoms. The van der Waals surface area contributed by atoms with Crippen molar-refractivity contribution in [1.29, 1.82) is 5.26 Å². The second kappa shape index (κ2) is 5.33. The molecule has 1 N–H and O–H groups in total. The first-order valence-electron chi connectivity index (χ1n) is 5.92. The first kappa shape index (κ1) is 12.1. The van der Waals surface area contributed by atoms with Gasteiger partial charge >= 0.3 is 0 Å². The van der Waals surface area contributed by atoms with E-state index in [1.165, 1.54) is 5.56 Å². The van der Waals surface area contributed by atoms with Gasteiger partial charge in [0.15, 0.2) is 0 Å². The Morgan fingerprint density at radius 1 is 1.17 bits per heavy atom. The summed E-state index contributed by atoms with van der Waals surface area (Å²) in [5.74, 6) is 0.499. The highest BCUT2D eigenvalue weighted by Crippen LogP contribution is 2.21. The summed E-state index contributed by atoms with van der Waals surface area (Å²) in [6.45, 7) is 4.33. The molecule has 0 radical (unpaired) electrons. The molecule has 0 spiro atoms. The molecule has 3 heteroatoms. The van der Waals surface area contributed by atoms with Gasteiger partial charge in [-0.3, -0.25) is 0 Å². The molecule has 0 bridgehead atoms. The van der Waals surface area contributed by atoms with Crippen molar-refractivity contribution >= 4 is 11.4 Å². The Balaban J connectivity index is 2.23. The lowest BCUT2D eigenvalue weighted by atomic mass is 10.0. The number of anilines is 2. The predicted octanol–water partition coefficient (Wildman–Crippen LogP) is 3.82. The normalized spacial score (nSPS) is 10.1. The van der Waals surface area contributed by atoms with Gasteiger partial charge in [0.25, 0.3) is 0 Å². The van der Waals surface area contributed by atoms with Gasteiger partial charge in [0.2, 0.25) is 0 Å². The summed E-state index contributed by atoms with van der Waals surface area (Å²) in [6.07, 6.45) is 1.63. The van der Waals surface area contributed by atoms with Crippen LogP contribution in [-0.4, -0.2) is 4.98 Å². The topological polar surface area (TPSA) is 48.7 Å². The summed E-state index contributed by atoms with van der Waals surface area (Å²) in [7, 11) is 0. The van der Waals surface area contributed by atoms with Gasteiger partial charge in [-0.15, -0.1) is 0 Å². The molecule has 0 amide bonds. The summed E-state index contributed by atoms with van der Waals surface area (Å²) < 4.78 is 0. The molecule has 0 aliphatic carbocycles. The largest absolute Gasteiger partial charge is 0.355 e. The molecular weight excluding hydrogens is 222 g/mol. The molecule has 0 saturated heterocycles. The van der Waals surface area contributed by atoms with Gasteiger partial charge in [0, 0.05) is 17.6 Å². The second-order valence-electron chi connectivity index (χ2n) is 4.45. The van der Waals surface area contributed by atoms with Crippen LogP contribution in [0.25, 0.3) is 0 Å². The average Bonchev–Trinajstić information content (AvgIpc) is 2.39. The van der Waals surface area contributed by atoms with Crippen molar-refractivity contribution in [2.75, 3.05) is 5.32 Å². The van der Waals surface area contributed by atoms with E-state index in [0.29, 0.717) is 11.6 Å². The quantitative estimate of drug-likeness (QED) is 0.882. The summed E-state index contributed by atoms with van der Waals surface area (Å²) >= 11 is 0. The number of hydrogen-bond donors (Lipinski definition) is 1. The Hall–Kier alpha value is -2.34. The smallest absolute Gasteiger partial charge is 0.142 e. The Morgan fingerprint density at radius 2 is 1.94 bits per heavy atom. The monoisotopic (exact) mass is 237 g/mol. The molecule has 3 nitrogen and oxygen atoms in total. The van der Waals surface area contributed by atoms with Crippen molar-refractivity contribution in [1.82, 2.24) is 4.98 Å². The fourth-order valence-corrected chi connectivity index (χ4v) is 1.71. The van der Waals surface area contributed by atoms with Crippen LogP contribution in [0, 0.1) is 11.3 Å². The average molecular weight is 237 g/mol. The van der Waals surface area contributed by atoms with Gasteiger partial charge in [0.05, 0.1) is 0 Å². The highest BCUT2D eigenvalue weighted by molar-refractivity contribution is 5.61. The molecule has 1 aromatic carbocycles. The highest BCUT2D eigenvalue weighted by Gasteiger charge is 2.01. The van der Waals surface area contributed by atoms with Crippen molar-refractivity contribution < 1.29 is 0 Å². The first-order chi connectivity index (χ1) is 8.69. The van der Waals surface area contributed by atoms with E-state index < -0.39 is 0 Å². The fourth-order valence-electron chi connectivity index (χ4n) is 1.71. The molecule has 0 fully saturated rings. The maximum Gasteiger partial charge on any atom is 0.142 e. The zero-order valence-electron chi connectivity index (χ0n) is 10.5. The Morgan fingerprint density at radius 3 is 2.67 bits per heavy atom. The lowest BCUT2D eigenvalue weighted by Crippen LogP contribution is -1.94. The van der Waals surface area contributed by atoms with Crippen LogP contribution >= 0.6 is 0 Å². The number of benzene rings is 1. The minimum absolute atomic E-state index is 0.417. The van der Waals surface area contributed by atoms with Gasteiger partial charge in [-0.2, -0.15) is 5.26 Å². The zero-order chi connectivity index (χ0) is 13.0. The molecule has 1 aromatic heterocycles. The van der Waals surface area contributed by atoms with E-state index in [9.17, 15) is 0 Å². The summed E-state index contributed by atoms with van der Waals surface area (Å²) in [5, 5.41) is 12.1. The van der Waals surface area contributed by atoms with Crippen molar-refractivity contribution in [2.24, 2.45) is 0 Å². The van der Waals surface area contributed by atoms with Gasteiger partial charge < -0.3 is 5.32 Å². The summed E-state index contributed by atoms with van der Waals surface area (Å²) in [4.78, 5) is 3.94. The Kier molecular flexibility index (Phi) is 3.59. The maximum absolute atomic E-state index is 8.80. The molecule has 90 valence electrons. The minimum Gasteiger partial charge on any atom is -0.355 e. The van der Waals surface area contributed by atoms with E-state index in [0.717, 1.165) is 11.4 Å². The number of nitriles is 1. The molecule has 0 saturated carbocycles. The molecule has 0 unspecified atom stereocenters. The van der Waals surface area contributed by atoms with Crippen molar-refractivity contribution in [3.05, 3.63) is 53.9 Å². The molecule has 2 rings (SSSR count). The second-order valence-corrected chi connectivity index (χ2v) is 4.45. The van der Waals surface area contributed by atoms with Crippen LogP contribution in [0.1, 0.15) is 31.0 Å². The van der Waals surface area contributed by atoms with E-state index in [-0.39, 0.29) is 0 Å². The fraction of sp³-hybridized carbons (Fsp3) is 0.200. The van der Waals surface area contributed by atoms with E-state index in [1.807, 2.05) is 24.3 Å². The molecular formula is C15H15N3. The Labute approximate surface area is 107 Å². The third-order valence-electron chi connectivity index (χ3n) is 2.72. The van der Waals surface area contributed by atoms with E-state index in [2.05, 4.69) is 36.3 Å². The van der Waals surface area contributed by atoms with Crippen LogP contribution in [0.5, 0.6) is 0 Å². The van der Waals surface area contributed by atoms with E-state index in [1.54, 1.807) is 12.3 Å². The first-order valence-corrected chi connectivity index (χ1v) is 5.92. The molecule has 0 atom stereocenters. The molecule has 1 heterocycles. The third kappa shape index (κ3) is 2.86. The van der Waals surface area contributed by atoms with Gasteiger partial charge in [-0.05, 0) is 35.7 Å². The van der Waals surface area contributed by atoms with E-state index >= 15 is 0 Å². The summed E-state index contributed by atoms with van der Waals surface area (Å²) in [6, 6.07) is 13.9. The summed E-state index contributed by atoms with van der Waals surface area (Å²) in [5.41, 5.74) is 3.60. The highest BCUT2D eigenvalue weighted by atomic mass is 14.9. The minimum atomic E-state index is 0.417. The lowest BCUT2D eigenvalue weighted by Gasteiger charge is -2.10. The van der Waals surface area contributed by atoms with Crippen LogP contribution in [0.3, 0.4) is 0 Å². The van der Waals surface area contributed by atoms with Crippen LogP contribution in [0.15, 0.2) is 42.6 Å². The molecule has 2 aromatic rings. The Bertz CT molecular complexity index is 582. The number of nitrogens with zero attached hydrogens (tertiary/aromatic N) is 2. The third-order valence-corrected chi connectivity index (χ3v) is 2.72. The number of rotatable bonds is 3. The lowest BCUT2D eigenvalue weighted by molar-refractivity contribution is 0.867. The van der Waals surface area contributed by atoms with Crippen LogP contribution in [-0.2, 0) is 0 Å². The predicted molar refractivity (Wildman–Crippen MR) is 72.8 cm³/mol. The van der Waals surface area contributed by atoms with Crippen LogP contribution in [0.4, 0.5) is 11.4 Å². The standard InChI is InChI=1S/C15H15N3/c1-11(2)12-4-3-5-13(8-12)18-14-6-7-17-15(9-14)10-16/h3-9,11H,1-2H3,(H,17,18). The van der Waals surface area contributed by atoms with Gasteiger partial charge in [-0.25, -0.2) is 4.98 Å². The van der Waals surface area contributed by atoms with Crippen LogP contribution < -0.4 is 5.32 Å². The SMILES string of the molecule is CC(C)c1cccc(Nc2ccnc(C#N)c2)c1. The van der Waals surface area contributed by atoms with Crippen molar-refractivity contribution in [2.45, 2.75) is 19.8 Å². The number of pyridine rings is 1. The van der Waals surface area contributed by atoms with E-state index in [4.69, 9.17) is 5.26 Å².